The topological polar surface area (TPSA) is 114 Å². The van der Waals surface area contributed by atoms with Crippen molar-refractivity contribution >= 4 is 40.5 Å². The fourth-order valence-corrected chi connectivity index (χ4v) is 4.63. The summed E-state index contributed by atoms with van der Waals surface area (Å²) in [6.45, 7) is 7.07. The monoisotopic (exact) mass is 495 g/mol. The Morgan fingerprint density at radius 3 is 2.49 bits per heavy atom. The van der Waals surface area contributed by atoms with Crippen molar-refractivity contribution in [3.8, 4) is 0 Å². The lowest BCUT2D eigenvalue weighted by atomic mass is 10.1. The molecule has 0 bridgehead atoms. The molecule has 0 atom stereocenters. The van der Waals surface area contributed by atoms with Crippen molar-refractivity contribution in [2.45, 2.75) is 37.8 Å². The minimum absolute atomic E-state index is 0.0510. The van der Waals surface area contributed by atoms with Crippen LogP contribution in [0.15, 0.2) is 47.4 Å². The van der Waals surface area contributed by atoms with Crippen LogP contribution in [0, 0.1) is 11.3 Å². The molecule has 1 heterocycles. The van der Waals surface area contributed by atoms with Crippen LogP contribution in [0.5, 0.6) is 0 Å². The highest BCUT2D eigenvalue weighted by molar-refractivity contribution is 7.98. The Balaban J connectivity index is 1.75. The Hall–Kier alpha value is -3.33. The van der Waals surface area contributed by atoms with Crippen LogP contribution < -0.4 is 5.73 Å². The zero-order valence-electron chi connectivity index (χ0n) is 20.7. The third-order valence-electron chi connectivity index (χ3n) is 5.52. The number of esters is 1. The molecule has 3 N–H and O–H groups in total. The molecule has 0 fully saturated rings. The number of aryl methyl sites for hydroxylation is 1. The zero-order chi connectivity index (χ0) is 25.5. The van der Waals surface area contributed by atoms with Crippen LogP contribution in [0.1, 0.15) is 48.9 Å². The van der Waals surface area contributed by atoms with Crippen molar-refractivity contribution < 1.29 is 14.3 Å². The van der Waals surface area contributed by atoms with Crippen LogP contribution in [-0.4, -0.2) is 51.9 Å². The van der Waals surface area contributed by atoms with Crippen LogP contribution in [0.25, 0.3) is 11.0 Å². The highest BCUT2D eigenvalue weighted by Gasteiger charge is 2.20. The molecule has 1 amide bonds. The lowest BCUT2D eigenvalue weighted by molar-refractivity contribution is -0.143. The van der Waals surface area contributed by atoms with Crippen molar-refractivity contribution in [2.24, 2.45) is 18.7 Å². The first-order chi connectivity index (χ1) is 16.7. The van der Waals surface area contributed by atoms with Crippen molar-refractivity contribution in [1.82, 2.24) is 14.5 Å². The van der Waals surface area contributed by atoms with E-state index in [-0.39, 0.29) is 30.1 Å². The number of rotatable bonds is 11. The number of fused-ring (bicyclic) bond motifs is 1. The van der Waals surface area contributed by atoms with Gasteiger partial charge in [0.05, 0.1) is 29.8 Å². The number of benzene rings is 2. The molecule has 8 nitrogen and oxygen atoms in total. The van der Waals surface area contributed by atoms with Crippen LogP contribution in [0.4, 0.5) is 0 Å². The number of ether oxygens (including phenoxy) is 1. The molecule has 2 aromatic carbocycles. The highest BCUT2D eigenvalue weighted by Crippen LogP contribution is 2.25. The number of amides is 1. The van der Waals surface area contributed by atoms with E-state index in [0.717, 1.165) is 21.8 Å². The lowest BCUT2D eigenvalue weighted by Gasteiger charge is -2.24. The van der Waals surface area contributed by atoms with E-state index in [1.807, 2.05) is 67.9 Å². The standard InChI is InChI=1S/C26H33N5O3S/c1-5-34-24(32)12-13-31(15-17(2)3)26(33)19-8-11-22-21(14-19)29-23(30(22)4)16-35-20-9-6-18(7-10-20)25(27)28/h6-11,14,17H,5,12-13,15-16H2,1-4H3,(H3,27,28). The molecule has 0 aliphatic rings. The molecule has 0 unspecified atom stereocenters. The second kappa shape index (κ2) is 11.9. The molecular formula is C26H33N5O3S. The zero-order valence-corrected chi connectivity index (χ0v) is 21.5. The Labute approximate surface area is 210 Å². The van der Waals surface area contributed by atoms with Gasteiger partial charge in [0.25, 0.3) is 5.91 Å². The third-order valence-corrected chi connectivity index (χ3v) is 6.53. The van der Waals surface area contributed by atoms with Gasteiger partial charge in [0.2, 0.25) is 0 Å². The third kappa shape index (κ3) is 6.85. The van der Waals surface area contributed by atoms with E-state index in [1.165, 1.54) is 0 Å². The number of nitrogens with two attached hydrogens (primary N) is 1. The van der Waals surface area contributed by atoms with Gasteiger partial charge >= 0.3 is 5.97 Å². The Kier molecular flexibility index (Phi) is 8.92. The molecule has 0 aliphatic heterocycles. The molecule has 0 spiro atoms. The summed E-state index contributed by atoms with van der Waals surface area (Å²) in [5.74, 6) is 1.46. The summed E-state index contributed by atoms with van der Waals surface area (Å²) in [6, 6.07) is 13.1. The van der Waals surface area contributed by atoms with Gasteiger partial charge in [-0.25, -0.2) is 4.98 Å². The lowest BCUT2D eigenvalue weighted by Crippen LogP contribution is -2.36. The molecule has 3 aromatic rings. The molecule has 0 saturated carbocycles. The van der Waals surface area contributed by atoms with E-state index >= 15 is 0 Å². The van der Waals surface area contributed by atoms with Gasteiger partial charge in [0, 0.05) is 36.2 Å². The van der Waals surface area contributed by atoms with Crippen LogP contribution in [-0.2, 0) is 22.3 Å². The molecule has 3 rings (SSSR count). The van der Waals surface area contributed by atoms with Crippen molar-refractivity contribution in [3.63, 3.8) is 0 Å². The number of thioether (sulfide) groups is 1. The average Bonchev–Trinajstić information content (AvgIpc) is 3.14. The number of imidazole rings is 1. The summed E-state index contributed by atoms with van der Waals surface area (Å²) < 4.78 is 7.06. The number of carbonyl (C=O) groups is 2. The number of hydrogen-bond donors (Lipinski definition) is 2. The molecule has 35 heavy (non-hydrogen) atoms. The van der Waals surface area contributed by atoms with Crippen LogP contribution in [0.2, 0.25) is 0 Å². The molecule has 0 radical (unpaired) electrons. The minimum atomic E-state index is -0.299. The average molecular weight is 496 g/mol. The number of carbonyl (C=O) groups excluding carboxylic acids is 2. The van der Waals surface area contributed by atoms with E-state index in [1.54, 1.807) is 23.6 Å². The number of amidine groups is 1. The van der Waals surface area contributed by atoms with E-state index in [2.05, 4.69) is 0 Å². The van der Waals surface area contributed by atoms with Gasteiger partial charge < -0.3 is 19.9 Å². The molecule has 9 heteroatoms. The van der Waals surface area contributed by atoms with Gasteiger partial charge in [-0.05, 0) is 43.2 Å². The fraction of sp³-hybridized carbons (Fsp3) is 0.385. The second-order valence-electron chi connectivity index (χ2n) is 8.72. The van der Waals surface area contributed by atoms with Gasteiger partial charge in [-0.15, -0.1) is 11.8 Å². The first-order valence-electron chi connectivity index (χ1n) is 11.7. The van der Waals surface area contributed by atoms with E-state index in [4.69, 9.17) is 20.9 Å². The summed E-state index contributed by atoms with van der Waals surface area (Å²) in [6.07, 6.45) is 0.174. The molecule has 0 aliphatic carbocycles. The quantitative estimate of drug-likeness (QED) is 0.178. The number of nitrogens with one attached hydrogen (secondary N) is 1. The van der Waals surface area contributed by atoms with Gasteiger partial charge in [-0.3, -0.25) is 15.0 Å². The summed E-state index contributed by atoms with van der Waals surface area (Å²) >= 11 is 1.65. The van der Waals surface area contributed by atoms with Crippen molar-refractivity contribution in [2.75, 3.05) is 19.7 Å². The Morgan fingerprint density at radius 1 is 1.17 bits per heavy atom. The van der Waals surface area contributed by atoms with Crippen LogP contribution in [0.3, 0.4) is 0 Å². The molecular weight excluding hydrogens is 462 g/mol. The largest absolute Gasteiger partial charge is 0.466 e. The van der Waals surface area contributed by atoms with Gasteiger partial charge in [0.15, 0.2) is 0 Å². The number of aromatic nitrogens is 2. The van der Waals surface area contributed by atoms with E-state index in [9.17, 15) is 9.59 Å². The fourth-order valence-electron chi connectivity index (χ4n) is 3.75. The maximum Gasteiger partial charge on any atom is 0.307 e. The van der Waals surface area contributed by atoms with E-state index in [0.29, 0.717) is 36.6 Å². The molecule has 1 aromatic heterocycles. The smallest absolute Gasteiger partial charge is 0.307 e. The van der Waals surface area contributed by atoms with Crippen molar-refractivity contribution in [1.29, 1.82) is 5.41 Å². The first kappa shape index (κ1) is 26.3. The number of nitrogens with zero attached hydrogens (tertiary/aromatic N) is 3. The predicted octanol–water partition coefficient (Wildman–Crippen LogP) is 4.20. The maximum atomic E-state index is 13.3. The minimum Gasteiger partial charge on any atom is -0.466 e. The normalized spacial score (nSPS) is 11.1. The van der Waals surface area contributed by atoms with Gasteiger partial charge in [-0.2, -0.15) is 0 Å². The SMILES string of the molecule is CCOC(=O)CCN(CC(C)C)C(=O)c1ccc2c(c1)nc(CSc1ccc(C(=N)N)cc1)n2C. The number of hydrogen-bond acceptors (Lipinski definition) is 6. The highest BCUT2D eigenvalue weighted by atomic mass is 32.2. The van der Waals surface area contributed by atoms with Gasteiger partial charge in [-0.1, -0.05) is 26.0 Å². The Morgan fingerprint density at radius 2 is 1.86 bits per heavy atom. The van der Waals surface area contributed by atoms with Crippen LogP contribution >= 0.6 is 11.8 Å². The predicted molar refractivity (Wildman–Crippen MR) is 140 cm³/mol. The summed E-state index contributed by atoms with van der Waals surface area (Å²) in [5, 5.41) is 7.51. The maximum absolute atomic E-state index is 13.3. The molecule has 186 valence electrons. The summed E-state index contributed by atoms with van der Waals surface area (Å²) in [4.78, 5) is 32.7. The summed E-state index contributed by atoms with van der Waals surface area (Å²) in [5.41, 5.74) is 8.49. The number of nitrogen functional groups attached to an aromatic ring is 1. The second-order valence-corrected chi connectivity index (χ2v) is 9.77. The van der Waals surface area contributed by atoms with Gasteiger partial charge in [0.1, 0.15) is 11.7 Å². The summed E-state index contributed by atoms with van der Waals surface area (Å²) in [7, 11) is 1.97. The first-order valence-corrected chi connectivity index (χ1v) is 12.7. The van der Waals surface area contributed by atoms with Crippen molar-refractivity contribution in [3.05, 3.63) is 59.4 Å². The Bertz CT molecular complexity index is 1200. The molecule has 0 saturated heterocycles. The van der Waals surface area contributed by atoms with E-state index < -0.39 is 0 Å².